The molecule has 0 aromatic heterocycles. The summed E-state index contributed by atoms with van der Waals surface area (Å²) in [6.07, 6.45) is 0.930. The monoisotopic (exact) mass is 196 g/mol. The van der Waals surface area contributed by atoms with Gasteiger partial charge in [-0.15, -0.1) is 0 Å². The Morgan fingerprint density at radius 1 is 1.62 bits per heavy atom. The maximum Gasteiger partial charge on any atom is 0.306 e. The molecule has 0 heterocycles. The summed E-state index contributed by atoms with van der Waals surface area (Å²) in [6.45, 7) is 0. The Morgan fingerprint density at radius 2 is 2.31 bits per heavy atom. The molecule has 0 aliphatic heterocycles. The van der Waals surface area contributed by atoms with Gasteiger partial charge in [-0.2, -0.15) is 13.7 Å². The lowest BCUT2D eigenvalue weighted by atomic mass is 10.2. The average Bonchev–Trinajstić information content (AvgIpc) is 2.01. The fraction of sp³-hybridized carbons (Fsp3) is 0.125. The standard InChI is InChI=1S/C8H6NO3S/c1-13(10,11)12-8-4-2-3-7(5-8)6-9/h2-3,5H,1H3. The summed E-state index contributed by atoms with van der Waals surface area (Å²) < 4.78 is 25.9. The number of nitrogens with zero attached hydrogens (tertiary/aromatic N) is 1. The largest absolute Gasteiger partial charge is 0.382 e. The van der Waals surface area contributed by atoms with Crippen LogP contribution in [0.1, 0.15) is 5.56 Å². The number of rotatable bonds is 2. The van der Waals surface area contributed by atoms with E-state index in [9.17, 15) is 8.42 Å². The van der Waals surface area contributed by atoms with Gasteiger partial charge in [0.25, 0.3) is 0 Å². The van der Waals surface area contributed by atoms with Crippen LogP contribution in [-0.2, 0) is 10.1 Å². The molecule has 5 heteroatoms. The molecule has 0 aliphatic carbocycles. The molecular weight excluding hydrogens is 190 g/mol. The van der Waals surface area contributed by atoms with E-state index in [1.165, 1.54) is 18.2 Å². The fourth-order valence-electron chi connectivity index (χ4n) is 0.725. The summed E-state index contributed by atoms with van der Waals surface area (Å²) in [5, 5.41) is 8.49. The van der Waals surface area contributed by atoms with Crippen LogP contribution >= 0.6 is 0 Å². The van der Waals surface area contributed by atoms with Gasteiger partial charge >= 0.3 is 10.1 Å². The molecule has 4 nitrogen and oxygen atoms in total. The maximum atomic E-state index is 10.7. The first kappa shape index (κ1) is 9.55. The van der Waals surface area contributed by atoms with Gasteiger partial charge in [0.1, 0.15) is 0 Å². The predicted octanol–water partition coefficient (Wildman–Crippen LogP) is 0.697. The van der Waals surface area contributed by atoms with Gasteiger partial charge in [-0.3, -0.25) is 0 Å². The van der Waals surface area contributed by atoms with Gasteiger partial charge in [0.15, 0.2) is 5.75 Å². The zero-order valence-corrected chi connectivity index (χ0v) is 7.63. The molecule has 0 spiro atoms. The van der Waals surface area contributed by atoms with Crippen LogP contribution in [0.5, 0.6) is 5.75 Å². The summed E-state index contributed by atoms with van der Waals surface area (Å²) >= 11 is 0. The highest BCUT2D eigenvalue weighted by Crippen LogP contribution is 2.13. The number of nitriles is 1. The topological polar surface area (TPSA) is 67.2 Å². The second-order valence-corrected chi connectivity index (χ2v) is 3.92. The lowest BCUT2D eigenvalue weighted by Gasteiger charge is -2.00. The Kier molecular flexibility index (Phi) is 2.54. The normalized spacial score (nSPS) is 10.5. The van der Waals surface area contributed by atoms with Crippen molar-refractivity contribution in [2.75, 3.05) is 6.26 Å². The Morgan fingerprint density at radius 3 is 2.85 bits per heavy atom. The van der Waals surface area contributed by atoms with E-state index < -0.39 is 10.1 Å². The second kappa shape index (κ2) is 3.46. The molecule has 0 unspecified atom stereocenters. The molecular formula is C8H6NO3S. The van der Waals surface area contributed by atoms with Crippen LogP contribution in [0, 0.1) is 17.4 Å². The smallest absolute Gasteiger partial charge is 0.306 e. The molecule has 0 fully saturated rings. The molecule has 1 aromatic rings. The molecule has 0 atom stereocenters. The van der Waals surface area contributed by atoms with Crippen molar-refractivity contribution in [3.05, 3.63) is 29.8 Å². The summed E-state index contributed by atoms with van der Waals surface area (Å²) in [7, 11) is -3.54. The number of hydrogen-bond acceptors (Lipinski definition) is 4. The minimum atomic E-state index is -3.54. The van der Waals surface area contributed by atoms with E-state index in [2.05, 4.69) is 10.2 Å². The molecule has 13 heavy (non-hydrogen) atoms. The van der Waals surface area contributed by atoms with Gasteiger partial charge in [-0.1, -0.05) is 0 Å². The molecule has 0 aliphatic rings. The first-order valence-electron chi connectivity index (χ1n) is 3.32. The molecule has 1 rings (SSSR count). The molecule has 67 valence electrons. The summed E-state index contributed by atoms with van der Waals surface area (Å²) in [5.74, 6) is 0.0292. The van der Waals surface area contributed by atoms with E-state index in [-0.39, 0.29) is 5.75 Å². The highest BCUT2D eigenvalue weighted by atomic mass is 32.2. The van der Waals surface area contributed by atoms with Crippen molar-refractivity contribution in [2.24, 2.45) is 0 Å². The van der Waals surface area contributed by atoms with Crippen LogP contribution in [0.2, 0.25) is 0 Å². The Labute approximate surface area is 76.5 Å². The quantitative estimate of drug-likeness (QED) is 0.653. The van der Waals surface area contributed by atoms with Gasteiger partial charge in [0, 0.05) is 12.1 Å². The van der Waals surface area contributed by atoms with Crippen LogP contribution in [-0.4, -0.2) is 14.7 Å². The van der Waals surface area contributed by atoms with Crippen molar-refractivity contribution in [3.63, 3.8) is 0 Å². The van der Waals surface area contributed by atoms with Crippen LogP contribution in [0.25, 0.3) is 0 Å². The van der Waals surface area contributed by atoms with E-state index in [1.54, 1.807) is 0 Å². The van der Waals surface area contributed by atoms with Crippen LogP contribution < -0.4 is 4.18 Å². The van der Waals surface area contributed by atoms with E-state index in [1.807, 2.05) is 6.07 Å². The van der Waals surface area contributed by atoms with Crippen molar-refractivity contribution >= 4 is 10.1 Å². The summed E-state index contributed by atoms with van der Waals surface area (Å²) in [5.41, 5.74) is 0.331. The highest BCUT2D eigenvalue weighted by molar-refractivity contribution is 7.86. The zero-order chi connectivity index (χ0) is 9.90. The number of benzene rings is 1. The Bertz CT molecular complexity index is 445. The lowest BCUT2D eigenvalue weighted by Crippen LogP contribution is -2.05. The Hall–Kier alpha value is -1.54. The predicted molar refractivity (Wildman–Crippen MR) is 45.5 cm³/mol. The molecule has 1 aromatic carbocycles. The third kappa shape index (κ3) is 3.13. The minimum Gasteiger partial charge on any atom is -0.382 e. The van der Waals surface area contributed by atoms with Crippen molar-refractivity contribution < 1.29 is 12.6 Å². The molecule has 0 saturated carbocycles. The minimum absolute atomic E-state index is 0.0292. The average molecular weight is 196 g/mol. The first-order chi connectivity index (χ1) is 6.01. The van der Waals surface area contributed by atoms with Crippen molar-refractivity contribution in [3.8, 4) is 11.8 Å². The van der Waals surface area contributed by atoms with Crippen LogP contribution in [0.4, 0.5) is 0 Å². The van der Waals surface area contributed by atoms with Gasteiger partial charge in [-0.25, -0.2) is 0 Å². The highest BCUT2D eigenvalue weighted by Gasteiger charge is 2.04. The van der Waals surface area contributed by atoms with Gasteiger partial charge in [0.2, 0.25) is 0 Å². The van der Waals surface area contributed by atoms with Crippen molar-refractivity contribution in [2.45, 2.75) is 0 Å². The first-order valence-corrected chi connectivity index (χ1v) is 5.14. The SMILES string of the molecule is CS(=O)(=O)Oc1[c]ccc(C#N)c1. The fourth-order valence-corrected chi connectivity index (χ4v) is 1.15. The summed E-state index contributed by atoms with van der Waals surface area (Å²) in [4.78, 5) is 0. The molecule has 0 N–H and O–H groups in total. The molecule has 0 amide bonds. The Balaban J connectivity index is 2.99. The molecule has 1 radical (unpaired) electrons. The van der Waals surface area contributed by atoms with E-state index in [4.69, 9.17) is 5.26 Å². The molecule has 0 bridgehead atoms. The van der Waals surface area contributed by atoms with Gasteiger partial charge < -0.3 is 4.18 Å². The van der Waals surface area contributed by atoms with E-state index in [0.717, 1.165) is 6.26 Å². The third-order valence-electron chi connectivity index (χ3n) is 1.15. The maximum absolute atomic E-state index is 10.7. The van der Waals surface area contributed by atoms with Crippen molar-refractivity contribution in [1.82, 2.24) is 0 Å². The molecule has 0 saturated heterocycles. The number of hydrogen-bond donors (Lipinski definition) is 0. The van der Waals surface area contributed by atoms with E-state index >= 15 is 0 Å². The lowest BCUT2D eigenvalue weighted by molar-refractivity contribution is 0.492. The van der Waals surface area contributed by atoms with Crippen molar-refractivity contribution in [1.29, 1.82) is 5.26 Å². The van der Waals surface area contributed by atoms with Gasteiger partial charge in [-0.05, 0) is 12.1 Å². The summed E-state index contributed by atoms with van der Waals surface area (Å²) in [6, 6.07) is 8.65. The van der Waals surface area contributed by atoms with Crippen LogP contribution in [0.3, 0.4) is 0 Å². The van der Waals surface area contributed by atoms with Crippen LogP contribution in [0.15, 0.2) is 18.2 Å². The zero-order valence-electron chi connectivity index (χ0n) is 6.81. The van der Waals surface area contributed by atoms with E-state index in [0.29, 0.717) is 5.56 Å². The second-order valence-electron chi connectivity index (χ2n) is 2.34. The third-order valence-corrected chi connectivity index (χ3v) is 1.63. The van der Waals surface area contributed by atoms with Gasteiger partial charge in [0.05, 0.1) is 17.9 Å².